The van der Waals surface area contributed by atoms with Crippen LogP contribution in [0.5, 0.6) is 0 Å². The van der Waals surface area contributed by atoms with Crippen molar-refractivity contribution >= 4 is 33.0 Å². The third kappa shape index (κ3) is 2.23. The van der Waals surface area contributed by atoms with Gasteiger partial charge in [0.15, 0.2) is 0 Å². The fraction of sp³-hybridized carbons (Fsp3) is 0.250. The van der Waals surface area contributed by atoms with Crippen molar-refractivity contribution in [3.63, 3.8) is 0 Å². The van der Waals surface area contributed by atoms with Gasteiger partial charge in [0.05, 0.1) is 5.69 Å². The maximum atomic E-state index is 5.97. The largest absolute Gasteiger partial charge is 0.398 e. The molecule has 0 atom stereocenters. The Morgan fingerprint density at radius 3 is 2.79 bits per heavy atom. The summed E-state index contributed by atoms with van der Waals surface area (Å²) in [7, 11) is 0. The van der Waals surface area contributed by atoms with Crippen LogP contribution < -0.4 is 10.6 Å². The second-order valence-corrected chi connectivity index (χ2v) is 5.90. The molecule has 0 fully saturated rings. The highest BCUT2D eigenvalue weighted by Crippen LogP contribution is 2.38. The van der Waals surface area contributed by atoms with E-state index >= 15 is 0 Å². The highest BCUT2D eigenvalue weighted by Gasteiger charge is 2.20. The minimum Gasteiger partial charge on any atom is -0.398 e. The minimum absolute atomic E-state index is 0.834. The van der Waals surface area contributed by atoms with Crippen molar-refractivity contribution in [1.29, 1.82) is 0 Å². The number of anilines is 3. The fourth-order valence-corrected chi connectivity index (χ4v) is 3.25. The zero-order chi connectivity index (χ0) is 13.4. The average molecular weight is 317 g/mol. The number of nitrogen functional groups attached to an aromatic ring is 1. The van der Waals surface area contributed by atoms with E-state index in [2.05, 4.69) is 58.1 Å². The first-order valence-corrected chi connectivity index (χ1v) is 7.37. The number of halogens is 1. The van der Waals surface area contributed by atoms with E-state index in [-0.39, 0.29) is 0 Å². The number of hydrogen-bond acceptors (Lipinski definition) is 2. The second-order valence-electron chi connectivity index (χ2n) is 5.04. The molecular formula is C16H17BrN2. The van der Waals surface area contributed by atoms with Gasteiger partial charge in [0, 0.05) is 22.4 Å². The van der Waals surface area contributed by atoms with Gasteiger partial charge in [0.2, 0.25) is 0 Å². The van der Waals surface area contributed by atoms with Gasteiger partial charge in [-0.15, -0.1) is 0 Å². The number of aryl methyl sites for hydroxylation is 2. The summed E-state index contributed by atoms with van der Waals surface area (Å²) in [5.74, 6) is 0. The molecule has 0 unspecified atom stereocenters. The van der Waals surface area contributed by atoms with Crippen molar-refractivity contribution in [3.05, 3.63) is 52.0 Å². The molecule has 3 heteroatoms. The van der Waals surface area contributed by atoms with Gasteiger partial charge in [-0.2, -0.15) is 0 Å². The van der Waals surface area contributed by atoms with Crippen LogP contribution in [0, 0.1) is 6.92 Å². The molecule has 3 rings (SSSR count). The molecule has 0 saturated carbocycles. The van der Waals surface area contributed by atoms with Crippen molar-refractivity contribution in [3.8, 4) is 0 Å². The molecule has 2 N–H and O–H groups in total. The van der Waals surface area contributed by atoms with E-state index in [0.29, 0.717) is 0 Å². The first-order chi connectivity index (χ1) is 9.16. The first-order valence-electron chi connectivity index (χ1n) is 6.58. The van der Waals surface area contributed by atoms with Gasteiger partial charge in [0.25, 0.3) is 0 Å². The lowest BCUT2D eigenvalue weighted by Crippen LogP contribution is -2.24. The predicted molar refractivity (Wildman–Crippen MR) is 85.1 cm³/mol. The molecule has 2 aromatic rings. The molecule has 19 heavy (non-hydrogen) atoms. The Bertz CT molecular complexity index is 622. The highest BCUT2D eigenvalue weighted by atomic mass is 79.9. The summed E-state index contributed by atoms with van der Waals surface area (Å²) >= 11 is 3.65. The van der Waals surface area contributed by atoms with E-state index < -0.39 is 0 Å². The molecule has 0 spiro atoms. The smallest absolute Gasteiger partial charge is 0.0559 e. The summed E-state index contributed by atoms with van der Waals surface area (Å²) in [5, 5.41) is 0. The summed E-state index contributed by atoms with van der Waals surface area (Å²) in [6.07, 6.45) is 2.35. The fourth-order valence-electron chi connectivity index (χ4n) is 2.67. The van der Waals surface area contributed by atoms with Crippen molar-refractivity contribution in [1.82, 2.24) is 0 Å². The Balaban J connectivity index is 2.11. The molecule has 0 bridgehead atoms. The molecule has 0 aliphatic carbocycles. The Morgan fingerprint density at radius 1 is 1.16 bits per heavy atom. The topological polar surface area (TPSA) is 29.3 Å². The third-order valence-electron chi connectivity index (χ3n) is 3.74. The zero-order valence-corrected chi connectivity index (χ0v) is 12.6. The number of hydrogen-bond donors (Lipinski definition) is 1. The van der Waals surface area contributed by atoms with Crippen molar-refractivity contribution < 1.29 is 0 Å². The van der Waals surface area contributed by atoms with Crippen molar-refractivity contribution in [2.24, 2.45) is 0 Å². The monoisotopic (exact) mass is 316 g/mol. The van der Waals surface area contributed by atoms with Crippen molar-refractivity contribution in [2.75, 3.05) is 17.2 Å². The molecule has 2 nitrogen and oxygen atoms in total. The van der Waals surface area contributed by atoms with Crippen LogP contribution in [0.3, 0.4) is 0 Å². The van der Waals surface area contributed by atoms with E-state index in [1.165, 1.54) is 23.4 Å². The van der Waals surface area contributed by atoms with Crippen molar-refractivity contribution in [2.45, 2.75) is 19.8 Å². The first kappa shape index (κ1) is 12.5. The van der Waals surface area contributed by atoms with E-state index in [1.54, 1.807) is 0 Å². The lowest BCUT2D eigenvalue weighted by atomic mass is 10.0. The molecule has 0 radical (unpaired) electrons. The SMILES string of the molecule is Cc1cc(N2CCCc3ccccc32)c(Br)cc1N. The van der Waals surface area contributed by atoms with Gasteiger partial charge in [-0.1, -0.05) is 18.2 Å². The van der Waals surface area contributed by atoms with Gasteiger partial charge in [0.1, 0.15) is 0 Å². The van der Waals surface area contributed by atoms with E-state index in [9.17, 15) is 0 Å². The van der Waals surface area contributed by atoms with Crippen LogP contribution in [0.15, 0.2) is 40.9 Å². The molecule has 0 saturated heterocycles. The van der Waals surface area contributed by atoms with Crippen LogP contribution in [0.1, 0.15) is 17.5 Å². The summed E-state index contributed by atoms with van der Waals surface area (Å²) in [6, 6.07) is 12.8. The standard InChI is InChI=1S/C16H17BrN2/c1-11-9-16(13(17)10-14(11)18)19-8-4-6-12-5-2-3-7-15(12)19/h2-3,5,7,9-10H,4,6,8,18H2,1H3. The van der Waals surface area contributed by atoms with Gasteiger partial charge in [-0.05, 0) is 65.0 Å². The summed E-state index contributed by atoms with van der Waals surface area (Å²) < 4.78 is 1.06. The van der Waals surface area contributed by atoms with Gasteiger partial charge in [-0.3, -0.25) is 0 Å². The molecule has 98 valence electrons. The Kier molecular flexibility index (Phi) is 3.23. The molecule has 0 amide bonds. The summed E-state index contributed by atoms with van der Waals surface area (Å²) in [5.41, 5.74) is 11.9. The number of para-hydroxylation sites is 1. The van der Waals surface area contributed by atoms with Crippen LogP contribution >= 0.6 is 15.9 Å². The van der Waals surface area contributed by atoms with E-state index in [1.807, 2.05) is 6.07 Å². The highest BCUT2D eigenvalue weighted by molar-refractivity contribution is 9.10. The van der Waals surface area contributed by atoms with Gasteiger partial charge >= 0.3 is 0 Å². The molecule has 0 aromatic heterocycles. The molecular weight excluding hydrogens is 300 g/mol. The lowest BCUT2D eigenvalue weighted by Gasteiger charge is -2.32. The normalized spacial score (nSPS) is 14.3. The van der Waals surface area contributed by atoms with E-state index in [0.717, 1.165) is 28.7 Å². The summed E-state index contributed by atoms with van der Waals surface area (Å²) in [4.78, 5) is 2.38. The predicted octanol–water partition coefficient (Wildman–Crippen LogP) is 4.42. The quantitative estimate of drug-likeness (QED) is 0.789. The third-order valence-corrected chi connectivity index (χ3v) is 4.37. The zero-order valence-electron chi connectivity index (χ0n) is 11.0. The minimum atomic E-state index is 0.834. The Morgan fingerprint density at radius 2 is 1.95 bits per heavy atom. The number of benzene rings is 2. The summed E-state index contributed by atoms with van der Waals surface area (Å²) in [6.45, 7) is 3.11. The number of nitrogens with zero attached hydrogens (tertiary/aromatic N) is 1. The number of rotatable bonds is 1. The maximum absolute atomic E-state index is 5.97. The van der Waals surface area contributed by atoms with Crippen LogP contribution in [-0.4, -0.2) is 6.54 Å². The van der Waals surface area contributed by atoms with Gasteiger partial charge < -0.3 is 10.6 Å². The Hall–Kier alpha value is -1.48. The average Bonchev–Trinajstić information content (AvgIpc) is 2.42. The molecule has 2 aromatic carbocycles. The lowest BCUT2D eigenvalue weighted by molar-refractivity contribution is 0.766. The second kappa shape index (κ2) is 4.89. The number of nitrogens with two attached hydrogens (primary N) is 1. The molecule has 1 heterocycles. The molecule has 1 aliphatic heterocycles. The van der Waals surface area contributed by atoms with Crippen LogP contribution in [-0.2, 0) is 6.42 Å². The maximum Gasteiger partial charge on any atom is 0.0559 e. The van der Waals surface area contributed by atoms with E-state index in [4.69, 9.17) is 5.73 Å². The number of fused-ring (bicyclic) bond motifs is 1. The Labute approximate surface area is 122 Å². The van der Waals surface area contributed by atoms with Crippen LogP contribution in [0.4, 0.5) is 17.1 Å². The molecule has 1 aliphatic rings. The van der Waals surface area contributed by atoms with Gasteiger partial charge in [-0.25, -0.2) is 0 Å². The van der Waals surface area contributed by atoms with Crippen LogP contribution in [0.25, 0.3) is 0 Å². The van der Waals surface area contributed by atoms with Crippen LogP contribution in [0.2, 0.25) is 0 Å².